The Hall–Kier alpha value is -2.34. The monoisotopic (exact) mass is 417 g/mol. The van der Waals surface area contributed by atoms with E-state index in [0.717, 1.165) is 19.6 Å². The van der Waals surface area contributed by atoms with Gasteiger partial charge < -0.3 is 14.2 Å². The molecule has 0 aliphatic carbocycles. The minimum atomic E-state index is -0.680. The lowest BCUT2D eigenvalue weighted by molar-refractivity contribution is -0.917. The Labute approximate surface area is 172 Å². The van der Waals surface area contributed by atoms with Crippen LogP contribution in [-0.2, 0) is 6.54 Å². The third kappa shape index (κ3) is 3.92. The number of rotatable bonds is 3. The van der Waals surface area contributed by atoms with E-state index in [1.54, 1.807) is 11.0 Å². The normalized spacial score (nSPS) is 15.1. The number of hydrogen-bond donors (Lipinski definition) is 1. The number of hydrogen-bond acceptors (Lipinski definition) is 3. The first kappa shape index (κ1) is 19.0. The molecule has 3 aromatic rings. The van der Waals surface area contributed by atoms with Gasteiger partial charge in [-0.2, -0.15) is 0 Å². The number of piperazine rings is 1. The van der Waals surface area contributed by atoms with Crippen molar-refractivity contribution in [1.82, 2.24) is 4.90 Å². The number of nitrogens with zero attached hydrogens (tertiary/aromatic N) is 1. The molecule has 1 aliphatic heterocycles. The van der Waals surface area contributed by atoms with E-state index in [-0.39, 0.29) is 22.1 Å². The number of benzene rings is 2. The fourth-order valence-corrected chi connectivity index (χ4v) is 4.11. The molecular weight excluding hydrogens is 399 g/mol. The maximum atomic E-state index is 12.9. The molecule has 1 aromatic heterocycles. The molecule has 0 unspecified atom stereocenters. The van der Waals surface area contributed by atoms with Crippen LogP contribution in [-0.4, -0.2) is 37.0 Å². The molecule has 0 spiro atoms. The lowest BCUT2D eigenvalue weighted by Gasteiger charge is -2.32. The summed E-state index contributed by atoms with van der Waals surface area (Å²) in [5.74, 6) is -0.314. The number of amides is 1. The van der Waals surface area contributed by atoms with Crippen molar-refractivity contribution >= 4 is 40.1 Å². The van der Waals surface area contributed by atoms with Crippen LogP contribution in [0.1, 0.15) is 15.9 Å². The van der Waals surface area contributed by atoms with Crippen LogP contribution in [0.4, 0.5) is 0 Å². The van der Waals surface area contributed by atoms with Crippen LogP contribution >= 0.6 is 23.2 Å². The van der Waals surface area contributed by atoms with E-state index in [2.05, 4.69) is 12.1 Å². The maximum absolute atomic E-state index is 12.9. The third-order valence-corrected chi connectivity index (χ3v) is 5.54. The molecule has 0 atom stereocenters. The van der Waals surface area contributed by atoms with Crippen molar-refractivity contribution in [2.75, 3.05) is 26.2 Å². The Bertz CT molecular complexity index is 1070. The second-order valence-corrected chi connectivity index (χ2v) is 7.80. The van der Waals surface area contributed by atoms with Gasteiger partial charge in [0.25, 0.3) is 5.91 Å². The summed E-state index contributed by atoms with van der Waals surface area (Å²) in [6, 6.07) is 14.9. The minimum Gasteiger partial charge on any atom is -0.421 e. The molecular formula is C21H19Cl2N2O3+. The lowest BCUT2D eigenvalue weighted by atomic mass is 10.1. The summed E-state index contributed by atoms with van der Waals surface area (Å²) in [4.78, 5) is 28.4. The molecule has 1 aliphatic rings. The minimum absolute atomic E-state index is 0.0114. The average Bonchev–Trinajstić information content (AvgIpc) is 2.69. The highest BCUT2D eigenvalue weighted by Crippen LogP contribution is 2.27. The Morgan fingerprint density at radius 3 is 2.50 bits per heavy atom. The van der Waals surface area contributed by atoms with Crippen molar-refractivity contribution in [3.63, 3.8) is 0 Å². The van der Waals surface area contributed by atoms with Crippen molar-refractivity contribution in [1.29, 1.82) is 0 Å². The Morgan fingerprint density at radius 2 is 1.79 bits per heavy atom. The zero-order chi connectivity index (χ0) is 19.7. The summed E-state index contributed by atoms with van der Waals surface area (Å²) in [6.07, 6.45) is 0. The maximum Gasteiger partial charge on any atom is 0.349 e. The Balaban J connectivity index is 1.49. The molecule has 0 radical (unpaired) electrons. The molecule has 1 N–H and O–H groups in total. The Morgan fingerprint density at radius 1 is 1.07 bits per heavy atom. The van der Waals surface area contributed by atoms with Crippen LogP contribution in [0.2, 0.25) is 10.0 Å². The van der Waals surface area contributed by atoms with E-state index in [9.17, 15) is 9.59 Å². The van der Waals surface area contributed by atoms with Crippen LogP contribution in [0.25, 0.3) is 11.0 Å². The highest BCUT2D eigenvalue weighted by atomic mass is 35.5. The van der Waals surface area contributed by atoms with Crippen LogP contribution in [0.5, 0.6) is 0 Å². The first-order valence-electron chi connectivity index (χ1n) is 9.11. The van der Waals surface area contributed by atoms with Gasteiger partial charge in [0.2, 0.25) is 0 Å². The quantitative estimate of drug-likeness (QED) is 0.666. The smallest absolute Gasteiger partial charge is 0.349 e. The molecule has 5 nitrogen and oxygen atoms in total. The number of quaternary nitrogens is 1. The summed E-state index contributed by atoms with van der Waals surface area (Å²) in [5, 5.41) is 1.20. The van der Waals surface area contributed by atoms with Crippen molar-refractivity contribution < 1.29 is 14.1 Å². The molecule has 4 rings (SSSR count). The third-order valence-electron chi connectivity index (χ3n) is 5.04. The number of halogens is 2. The molecule has 1 amide bonds. The van der Waals surface area contributed by atoms with Gasteiger partial charge in [-0.25, -0.2) is 4.79 Å². The largest absolute Gasteiger partial charge is 0.421 e. The fourth-order valence-electron chi connectivity index (χ4n) is 3.56. The molecule has 144 valence electrons. The van der Waals surface area contributed by atoms with Gasteiger partial charge in [0.05, 0.1) is 31.2 Å². The summed E-state index contributed by atoms with van der Waals surface area (Å²) < 4.78 is 5.29. The van der Waals surface area contributed by atoms with Crippen LogP contribution in [0, 0.1) is 0 Å². The molecule has 7 heteroatoms. The molecule has 28 heavy (non-hydrogen) atoms. The molecule has 1 saturated heterocycles. The summed E-state index contributed by atoms with van der Waals surface area (Å²) >= 11 is 12.1. The van der Waals surface area contributed by atoms with Crippen LogP contribution in [0.3, 0.4) is 0 Å². The van der Waals surface area contributed by atoms with Crippen LogP contribution in [0.15, 0.2) is 57.7 Å². The Kier molecular flexibility index (Phi) is 5.40. The van der Waals surface area contributed by atoms with Crippen molar-refractivity contribution in [3.8, 4) is 0 Å². The van der Waals surface area contributed by atoms with E-state index in [0.29, 0.717) is 23.5 Å². The first-order valence-corrected chi connectivity index (χ1v) is 9.86. The highest BCUT2D eigenvalue weighted by Gasteiger charge is 2.27. The van der Waals surface area contributed by atoms with Gasteiger partial charge >= 0.3 is 5.63 Å². The second kappa shape index (κ2) is 7.95. The van der Waals surface area contributed by atoms with E-state index in [4.69, 9.17) is 27.6 Å². The number of carbonyl (C=O) groups is 1. The summed E-state index contributed by atoms with van der Waals surface area (Å²) in [7, 11) is 0. The van der Waals surface area contributed by atoms with E-state index in [1.807, 2.05) is 18.2 Å². The van der Waals surface area contributed by atoms with Gasteiger partial charge in [-0.3, -0.25) is 4.79 Å². The van der Waals surface area contributed by atoms with Gasteiger partial charge in [0, 0.05) is 16.0 Å². The lowest BCUT2D eigenvalue weighted by Crippen LogP contribution is -3.13. The summed E-state index contributed by atoms with van der Waals surface area (Å²) in [5.41, 5.74) is 0.851. The standard InChI is InChI=1S/C21H18Cl2N2O3/c22-16-10-15-11-17(21(27)28-19(15)18(23)12-16)20(26)25-8-6-24(7-9-25)13-14-4-2-1-3-5-14/h1-5,10-12H,6-9,13H2/p+1. The van der Waals surface area contributed by atoms with Crippen molar-refractivity contribution in [3.05, 3.63) is 80.1 Å². The van der Waals surface area contributed by atoms with Crippen LogP contribution < -0.4 is 10.5 Å². The van der Waals surface area contributed by atoms with Gasteiger partial charge in [-0.05, 0) is 18.2 Å². The number of fused-ring (bicyclic) bond motifs is 1. The SMILES string of the molecule is O=C(c1cc2cc(Cl)cc(Cl)c2oc1=O)N1CC[NH+](Cc2ccccc2)CC1. The van der Waals surface area contributed by atoms with Gasteiger partial charge in [-0.15, -0.1) is 0 Å². The number of nitrogens with one attached hydrogen (secondary N) is 1. The zero-order valence-electron chi connectivity index (χ0n) is 15.1. The number of carbonyl (C=O) groups excluding carboxylic acids is 1. The highest BCUT2D eigenvalue weighted by molar-refractivity contribution is 6.38. The molecule has 0 bridgehead atoms. The predicted molar refractivity (Wildman–Crippen MR) is 109 cm³/mol. The first-order chi connectivity index (χ1) is 13.5. The average molecular weight is 418 g/mol. The van der Waals surface area contributed by atoms with Gasteiger partial charge in [0.15, 0.2) is 5.58 Å². The van der Waals surface area contributed by atoms with Gasteiger partial charge in [-0.1, -0.05) is 53.5 Å². The molecule has 2 aromatic carbocycles. The summed E-state index contributed by atoms with van der Waals surface area (Å²) in [6.45, 7) is 3.77. The fraction of sp³-hybridized carbons (Fsp3) is 0.238. The van der Waals surface area contributed by atoms with E-state index in [1.165, 1.54) is 22.6 Å². The van der Waals surface area contributed by atoms with E-state index < -0.39 is 5.63 Å². The van der Waals surface area contributed by atoms with Gasteiger partial charge in [0.1, 0.15) is 12.1 Å². The molecule has 1 fully saturated rings. The van der Waals surface area contributed by atoms with E-state index >= 15 is 0 Å². The second-order valence-electron chi connectivity index (χ2n) is 6.96. The topological polar surface area (TPSA) is 55.0 Å². The zero-order valence-corrected chi connectivity index (χ0v) is 16.6. The van der Waals surface area contributed by atoms with Crippen molar-refractivity contribution in [2.45, 2.75) is 6.54 Å². The predicted octanol–water partition coefficient (Wildman–Crippen LogP) is 2.64. The molecule has 2 heterocycles. The molecule has 0 saturated carbocycles. The van der Waals surface area contributed by atoms with Crippen molar-refractivity contribution in [2.24, 2.45) is 0 Å².